The van der Waals surface area contributed by atoms with E-state index in [0.29, 0.717) is 52.8 Å². The first-order chi connectivity index (χ1) is 13.4. The van der Waals surface area contributed by atoms with Gasteiger partial charge in [-0.05, 0) is 37.3 Å². The second kappa shape index (κ2) is 9.65. The molecule has 28 heavy (non-hydrogen) atoms. The molecule has 2 N–H and O–H groups in total. The summed E-state index contributed by atoms with van der Waals surface area (Å²) in [6, 6.07) is 1.77. The predicted octanol–water partition coefficient (Wildman–Crippen LogP) is 4.17. The number of nitrogens with zero attached hydrogens (tertiary/aromatic N) is 1. The Morgan fingerprint density at radius 1 is 1.11 bits per heavy atom. The Labute approximate surface area is 175 Å². The van der Waals surface area contributed by atoms with Crippen LogP contribution in [-0.2, 0) is 26.2 Å². The van der Waals surface area contributed by atoms with E-state index in [1.54, 1.807) is 19.4 Å². The van der Waals surface area contributed by atoms with E-state index in [9.17, 15) is 8.42 Å². The molecule has 0 saturated carbocycles. The molecule has 7 nitrogen and oxygen atoms in total. The quantitative estimate of drug-likeness (QED) is 0.533. The third kappa shape index (κ3) is 4.93. The Morgan fingerprint density at radius 2 is 1.86 bits per heavy atom. The van der Waals surface area contributed by atoms with Crippen LogP contribution in [0.4, 0.5) is 5.69 Å². The maximum atomic E-state index is 12.6. The average molecular weight is 450 g/mol. The SMILES string of the molecule is COCCCCCOCCCN1Cc2cc(Cl)c3c(Cl)c[nH]c3c2NS1(=O)=O. The largest absolute Gasteiger partial charge is 0.385 e. The normalized spacial score (nSPS) is 16.2. The fourth-order valence-electron chi connectivity index (χ4n) is 3.27. The zero-order valence-corrected chi connectivity index (χ0v) is 18.1. The van der Waals surface area contributed by atoms with Crippen molar-refractivity contribution >= 4 is 50.0 Å². The number of rotatable bonds is 10. The number of H-pyrrole nitrogens is 1. The highest BCUT2D eigenvalue weighted by molar-refractivity contribution is 7.90. The summed E-state index contributed by atoms with van der Waals surface area (Å²) in [4.78, 5) is 3.00. The molecule has 0 aliphatic carbocycles. The van der Waals surface area contributed by atoms with Gasteiger partial charge in [0.25, 0.3) is 0 Å². The minimum absolute atomic E-state index is 0.258. The number of hydrogen-bond donors (Lipinski definition) is 2. The number of methoxy groups -OCH3 is 1. The van der Waals surface area contributed by atoms with E-state index in [1.165, 1.54) is 4.31 Å². The number of aromatic nitrogens is 1. The molecule has 1 aliphatic rings. The van der Waals surface area contributed by atoms with Gasteiger partial charge in [-0.25, -0.2) is 0 Å². The minimum atomic E-state index is -3.63. The van der Waals surface area contributed by atoms with Crippen LogP contribution < -0.4 is 4.72 Å². The van der Waals surface area contributed by atoms with Gasteiger partial charge in [-0.15, -0.1) is 0 Å². The van der Waals surface area contributed by atoms with Gasteiger partial charge < -0.3 is 14.5 Å². The van der Waals surface area contributed by atoms with Crippen molar-refractivity contribution in [3.05, 3.63) is 27.9 Å². The van der Waals surface area contributed by atoms with Crippen LogP contribution in [0.25, 0.3) is 10.9 Å². The Balaban J connectivity index is 1.55. The Bertz CT molecular complexity index is 917. The number of halogens is 2. The summed E-state index contributed by atoms with van der Waals surface area (Å²) in [6.45, 7) is 2.60. The average Bonchev–Trinajstić information content (AvgIpc) is 3.04. The zero-order chi connectivity index (χ0) is 20.1. The molecule has 2 heterocycles. The molecule has 0 unspecified atom stereocenters. The molecule has 10 heteroatoms. The van der Waals surface area contributed by atoms with Gasteiger partial charge in [0, 0.05) is 51.6 Å². The first-order valence-corrected chi connectivity index (χ1v) is 11.5. The van der Waals surface area contributed by atoms with Gasteiger partial charge in [-0.2, -0.15) is 12.7 Å². The highest BCUT2D eigenvalue weighted by Gasteiger charge is 2.31. The molecule has 0 spiro atoms. The van der Waals surface area contributed by atoms with Crippen LogP contribution in [0.15, 0.2) is 12.3 Å². The predicted molar refractivity (Wildman–Crippen MR) is 112 cm³/mol. The van der Waals surface area contributed by atoms with E-state index in [-0.39, 0.29) is 6.54 Å². The molecule has 1 aromatic carbocycles. The first-order valence-electron chi connectivity index (χ1n) is 9.26. The smallest absolute Gasteiger partial charge is 0.302 e. The van der Waals surface area contributed by atoms with Gasteiger partial charge in [0.1, 0.15) is 0 Å². The molecule has 2 aromatic rings. The summed E-state index contributed by atoms with van der Waals surface area (Å²) in [5.74, 6) is 0. The molecule has 0 radical (unpaired) electrons. The number of anilines is 1. The van der Waals surface area contributed by atoms with E-state index >= 15 is 0 Å². The number of aromatic amines is 1. The minimum Gasteiger partial charge on any atom is -0.385 e. The molecule has 156 valence electrons. The van der Waals surface area contributed by atoms with Gasteiger partial charge in [-0.1, -0.05) is 23.2 Å². The number of unbranched alkanes of at least 4 members (excludes halogenated alkanes) is 2. The van der Waals surface area contributed by atoms with Crippen molar-refractivity contribution in [2.45, 2.75) is 32.2 Å². The van der Waals surface area contributed by atoms with Crippen molar-refractivity contribution in [1.29, 1.82) is 0 Å². The Hall–Kier alpha value is -1.03. The molecular weight excluding hydrogens is 425 g/mol. The number of benzene rings is 1. The van der Waals surface area contributed by atoms with E-state index in [2.05, 4.69) is 9.71 Å². The molecule has 0 fully saturated rings. The Kier molecular flexibility index (Phi) is 7.47. The van der Waals surface area contributed by atoms with Gasteiger partial charge in [-0.3, -0.25) is 4.72 Å². The number of nitrogens with one attached hydrogen (secondary N) is 2. The van der Waals surface area contributed by atoms with Crippen LogP contribution in [0.1, 0.15) is 31.2 Å². The van der Waals surface area contributed by atoms with Gasteiger partial charge >= 0.3 is 10.2 Å². The van der Waals surface area contributed by atoms with Crippen LogP contribution in [0.5, 0.6) is 0 Å². The van der Waals surface area contributed by atoms with Crippen LogP contribution in [0.3, 0.4) is 0 Å². The molecule has 0 saturated heterocycles. The van der Waals surface area contributed by atoms with E-state index in [1.807, 2.05) is 0 Å². The molecule has 1 aromatic heterocycles. The molecule has 0 bridgehead atoms. The molecule has 0 atom stereocenters. The lowest BCUT2D eigenvalue weighted by Crippen LogP contribution is -2.40. The molecule has 1 aliphatic heterocycles. The lowest BCUT2D eigenvalue weighted by Gasteiger charge is -2.29. The number of fused-ring (bicyclic) bond motifs is 3. The van der Waals surface area contributed by atoms with Crippen LogP contribution in [0.2, 0.25) is 10.0 Å². The third-order valence-corrected chi connectivity index (χ3v) is 6.74. The highest BCUT2D eigenvalue weighted by Crippen LogP contribution is 2.40. The van der Waals surface area contributed by atoms with Crippen LogP contribution in [0, 0.1) is 0 Å². The zero-order valence-electron chi connectivity index (χ0n) is 15.8. The van der Waals surface area contributed by atoms with Gasteiger partial charge in [0.15, 0.2) is 0 Å². The number of ether oxygens (including phenoxy) is 2. The lowest BCUT2D eigenvalue weighted by atomic mass is 10.1. The highest BCUT2D eigenvalue weighted by atomic mass is 35.5. The van der Waals surface area contributed by atoms with Crippen molar-refractivity contribution in [2.75, 3.05) is 38.2 Å². The summed E-state index contributed by atoms with van der Waals surface area (Å²) >= 11 is 12.5. The monoisotopic (exact) mass is 449 g/mol. The maximum absolute atomic E-state index is 12.6. The molecule has 0 amide bonds. The van der Waals surface area contributed by atoms with Gasteiger partial charge in [0.05, 0.1) is 21.2 Å². The van der Waals surface area contributed by atoms with Crippen molar-refractivity contribution in [2.24, 2.45) is 0 Å². The van der Waals surface area contributed by atoms with Crippen molar-refractivity contribution in [3.8, 4) is 0 Å². The summed E-state index contributed by atoms with van der Waals surface area (Å²) in [5.41, 5.74) is 1.92. The fraction of sp³-hybridized carbons (Fsp3) is 0.556. The summed E-state index contributed by atoms with van der Waals surface area (Å²) in [5, 5.41) is 1.58. The third-order valence-electron chi connectivity index (χ3n) is 4.69. The summed E-state index contributed by atoms with van der Waals surface area (Å²) in [6.07, 6.45) is 5.30. The topological polar surface area (TPSA) is 83.7 Å². The fourth-order valence-corrected chi connectivity index (χ4v) is 5.20. The summed E-state index contributed by atoms with van der Waals surface area (Å²) in [7, 11) is -1.94. The lowest BCUT2D eigenvalue weighted by molar-refractivity contribution is 0.120. The van der Waals surface area contributed by atoms with E-state index < -0.39 is 10.2 Å². The van der Waals surface area contributed by atoms with Crippen molar-refractivity contribution < 1.29 is 17.9 Å². The summed E-state index contributed by atoms with van der Waals surface area (Å²) < 4.78 is 39.9. The van der Waals surface area contributed by atoms with Crippen molar-refractivity contribution in [1.82, 2.24) is 9.29 Å². The second-order valence-corrected chi connectivity index (χ2v) is 9.22. The second-order valence-electron chi connectivity index (χ2n) is 6.74. The van der Waals surface area contributed by atoms with Gasteiger partial charge in [0.2, 0.25) is 0 Å². The van der Waals surface area contributed by atoms with E-state index in [0.717, 1.165) is 31.4 Å². The number of hydrogen-bond acceptors (Lipinski definition) is 4. The standard InChI is InChI=1S/C18H25Cl2N3O4S/c1-26-7-3-2-4-8-27-9-5-6-23-12-13-10-14(19)16-15(20)11-21-18(16)17(13)22-28(23,24)25/h10-11,21-22H,2-9,12H2,1H3. The maximum Gasteiger partial charge on any atom is 0.302 e. The van der Waals surface area contributed by atoms with Crippen LogP contribution >= 0.6 is 23.2 Å². The molecule has 3 rings (SSSR count). The first kappa shape index (κ1) is 21.7. The van der Waals surface area contributed by atoms with Crippen molar-refractivity contribution in [3.63, 3.8) is 0 Å². The van der Waals surface area contributed by atoms with Crippen LogP contribution in [-0.4, -0.2) is 51.2 Å². The van der Waals surface area contributed by atoms with E-state index in [4.69, 9.17) is 32.7 Å². The Morgan fingerprint density at radius 3 is 2.64 bits per heavy atom. The molecular formula is C18H25Cl2N3O4S.